The van der Waals surface area contributed by atoms with Gasteiger partial charge in [0.25, 0.3) is 5.91 Å². The van der Waals surface area contributed by atoms with E-state index in [1.54, 1.807) is 13.2 Å². The Bertz CT molecular complexity index is 499. The lowest BCUT2D eigenvalue weighted by Crippen LogP contribution is -2.42. The van der Waals surface area contributed by atoms with Gasteiger partial charge in [0.05, 0.1) is 13.7 Å². The number of benzene rings is 1. The van der Waals surface area contributed by atoms with E-state index in [9.17, 15) is 4.79 Å². The van der Waals surface area contributed by atoms with Crippen LogP contribution in [0, 0.1) is 0 Å². The third-order valence-corrected chi connectivity index (χ3v) is 3.91. The lowest BCUT2D eigenvalue weighted by atomic mass is 10.1. The summed E-state index contributed by atoms with van der Waals surface area (Å²) in [5.41, 5.74) is 0.653. The molecule has 5 heteroatoms. The van der Waals surface area contributed by atoms with Crippen LogP contribution in [0.5, 0.6) is 11.5 Å². The standard InChI is InChI=1S/C17H26N2O3/c1-4-10-19(14-8-9-18-12-14)17(20)13-6-7-15(22-5-2)16(11-13)21-3/h6-7,11,14,18H,4-5,8-10,12H2,1-3H3. The van der Waals surface area contributed by atoms with Crippen molar-refractivity contribution in [1.29, 1.82) is 0 Å². The molecule has 0 radical (unpaired) electrons. The predicted molar refractivity (Wildman–Crippen MR) is 86.8 cm³/mol. The van der Waals surface area contributed by atoms with Crippen molar-refractivity contribution < 1.29 is 14.3 Å². The zero-order valence-electron chi connectivity index (χ0n) is 13.7. The van der Waals surface area contributed by atoms with E-state index in [2.05, 4.69) is 12.2 Å². The molecule has 0 aromatic heterocycles. The number of nitrogens with zero attached hydrogens (tertiary/aromatic N) is 1. The molecule has 1 saturated heterocycles. The largest absolute Gasteiger partial charge is 0.493 e. The van der Waals surface area contributed by atoms with Gasteiger partial charge in [-0.15, -0.1) is 0 Å². The second-order valence-electron chi connectivity index (χ2n) is 5.44. The number of amides is 1. The second-order valence-corrected chi connectivity index (χ2v) is 5.44. The van der Waals surface area contributed by atoms with Crippen LogP contribution in [-0.4, -0.2) is 50.2 Å². The summed E-state index contributed by atoms with van der Waals surface area (Å²) in [6, 6.07) is 5.69. The van der Waals surface area contributed by atoms with Crippen molar-refractivity contribution in [2.24, 2.45) is 0 Å². The Morgan fingerprint density at radius 3 is 2.77 bits per heavy atom. The summed E-state index contributed by atoms with van der Waals surface area (Å²) in [4.78, 5) is 14.8. The van der Waals surface area contributed by atoms with Crippen LogP contribution in [0.2, 0.25) is 0 Å². The maximum atomic E-state index is 12.9. The maximum Gasteiger partial charge on any atom is 0.254 e. The fourth-order valence-corrected chi connectivity index (χ4v) is 2.84. The maximum absolute atomic E-state index is 12.9. The van der Waals surface area contributed by atoms with Gasteiger partial charge in [0.1, 0.15) is 0 Å². The van der Waals surface area contributed by atoms with Crippen LogP contribution >= 0.6 is 0 Å². The first-order valence-corrected chi connectivity index (χ1v) is 8.03. The van der Waals surface area contributed by atoms with Crippen molar-refractivity contribution in [2.45, 2.75) is 32.7 Å². The van der Waals surface area contributed by atoms with Crippen LogP contribution in [-0.2, 0) is 0 Å². The normalized spacial score (nSPS) is 17.3. The van der Waals surface area contributed by atoms with Crippen LogP contribution < -0.4 is 14.8 Å². The molecule has 122 valence electrons. The van der Waals surface area contributed by atoms with Gasteiger partial charge in [-0.3, -0.25) is 4.79 Å². The van der Waals surface area contributed by atoms with Gasteiger partial charge in [0.15, 0.2) is 11.5 Å². The van der Waals surface area contributed by atoms with Crippen LogP contribution in [0.1, 0.15) is 37.0 Å². The Labute approximate surface area is 132 Å². The summed E-state index contributed by atoms with van der Waals surface area (Å²) < 4.78 is 10.9. The van der Waals surface area contributed by atoms with E-state index in [1.165, 1.54) is 0 Å². The number of nitrogens with one attached hydrogen (secondary N) is 1. The van der Waals surface area contributed by atoms with E-state index >= 15 is 0 Å². The first-order chi connectivity index (χ1) is 10.7. The van der Waals surface area contributed by atoms with E-state index in [0.717, 1.165) is 32.5 Å². The molecule has 1 aliphatic rings. The van der Waals surface area contributed by atoms with Gasteiger partial charge in [0, 0.05) is 24.7 Å². The topological polar surface area (TPSA) is 50.8 Å². The van der Waals surface area contributed by atoms with Crippen molar-refractivity contribution in [3.8, 4) is 11.5 Å². The third-order valence-electron chi connectivity index (χ3n) is 3.91. The molecule has 1 aromatic carbocycles. The summed E-state index contributed by atoms with van der Waals surface area (Å²) in [6.07, 6.45) is 1.97. The molecule has 1 aliphatic heterocycles. The summed E-state index contributed by atoms with van der Waals surface area (Å²) in [5.74, 6) is 1.34. The summed E-state index contributed by atoms with van der Waals surface area (Å²) in [7, 11) is 1.59. The van der Waals surface area contributed by atoms with E-state index < -0.39 is 0 Å². The molecule has 1 aromatic rings. The summed E-state index contributed by atoms with van der Waals surface area (Å²) >= 11 is 0. The van der Waals surface area contributed by atoms with Gasteiger partial charge in [-0.1, -0.05) is 6.92 Å². The summed E-state index contributed by atoms with van der Waals surface area (Å²) in [5, 5.41) is 3.33. The number of methoxy groups -OCH3 is 1. The van der Waals surface area contributed by atoms with E-state index in [-0.39, 0.29) is 11.9 Å². The minimum Gasteiger partial charge on any atom is -0.493 e. The van der Waals surface area contributed by atoms with E-state index in [4.69, 9.17) is 9.47 Å². The molecule has 5 nitrogen and oxygen atoms in total. The molecule has 22 heavy (non-hydrogen) atoms. The Hall–Kier alpha value is -1.75. The van der Waals surface area contributed by atoms with Crippen molar-refractivity contribution >= 4 is 5.91 Å². The molecule has 2 rings (SSSR count). The Morgan fingerprint density at radius 2 is 2.18 bits per heavy atom. The predicted octanol–water partition coefficient (Wildman–Crippen LogP) is 2.31. The molecule has 1 heterocycles. The smallest absolute Gasteiger partial charge is 0.254 e. The average Bonchev–Trinajstić information content (AvgIpc) is 3.06. The molecule has 0 spiro atoms. The van der Waals surface area contributed by atoms with Gasteiger partial charge in [0.2, 0.25) is 0 Å². The third kappa shape index (κ3) is 3.71. The highest BCUT2D eigenvalue weighted by Crippen LogP contribution is 2.29. The molecule has 1 N–H and O–H groups in total. The van der Waals surface area contributed by atoms with Crippen molar-refractivity contribution in [3.63, 3.8) is 0 Å². The molecule has 0 aliphatic carbocycles. The zero-order valence-corrected chi connectivity index (χ0v) is 13.7. The second kappa shape index (κ2) is 8.03. The number of ether oxygens (including phenoxy) is 2. The molecule has 1 atom stereocenters. The van der Waals surface area contributed by atoms with Gasteiger partial charge in [-0.2, -0.15) is 0 Å². The van der Waals surface area contributed by atoms with Crippen LogP contribution in [0.4, 0.5) is 0 Å². The van der Waals surface area contributed by atoms with E-state index in [0.29, 0.717) is 23.7 Å². The minimum atomic E-state index is 0.0666. The van der Waals surface area contributed by atoms with Crippen LogP contribution in [0.25, 0.3) is 0 Å². The molecule has 0 saturated carbocycles. The number of hydrogen-bond acceptors (Lipinski definition) is 4. The molecular formula is C17H26N2O3. The molecule has 1 amide bonds. The number of carbonyl (C=O) groups is 1. The SMILES string of the molecule is CCCN(C(=O)c1ccc(OCC)c(OC)c1)C1CCNC1. The van der Waals surface area contributed by atoms with Crippen LogP contribution in [0.15, 0.2) is 18.2 Å². The van der Waals surface area contributed by atoms with Gasteiger partial charge in [-0.25, -0.2) is 0 Å². The van der Waals surface area contributed by atoms with E-state index in [1.807, 2.05) is 24.0 Å². The number of rotatable bonds is 7. The minimum absolute atomic E-state index is 0.0666. The highest BCUT2D eigenvalue weighted by atomic mass is 16.5. The molecule has 1 fully saturated rings. The quantitative estimate of drug-likeness (QED) is 0.840. The molecule has 0 bridgehead atoms. The molecular weight excluding hydrogens is 280 g/mol. The van der Waals surface area contributed by atoms with Crippen LogP contribution in [0.3, 0.4) is 0 Å². The number of hydrogen-bond donors (Lipinski definition) is 1. The van der Waals surface area contributed by atoms with Crippen molar-refractivity contribution in [2.75, 3.05) is 33.4 Å². The monoisotopic (exact) mass is 306 g/mol. The average molecular weight is 306 g/mol. The highest BCUT2D eigenvalue weighted by molar-refractivity contribution is 5.95. The number of carbonyl (C=O) groups excluding carboxylic acids is 1. The fraction of sp³-hybridized carbons (Fsp3) is 0.588. The first-order valence-electron chi connectivity index (χ1n) is 8.03. The lowest BCUT2D eigenvalue weighted by Gasteiger charge is -2.28. The van der Waals surface area contributed by atoms with Crippen molar-refractivity contribution in [3.05, 3.63) is 23.8 Å². The Morgan fingerprint density at radius 1 is 1.36 bits per heavy atom. The Kier molecular flexibility index (Phi) is 6.07. The fourth-order valence-electron chi connectivity index (χ4n) is 2.84. The van der Waals surface area contributed by atoms with Gasteiger partial charge >= 0.3 is 0 Å². The lowest BCUT2D eigenvalue weighted by molar-refractivity contribution is 0.0692. The Balaban J connectivity index is 2.22. The first kappa shape index (κ1) is 16.6. The van der Waals surface area contributed by atoms with Gasteiger partial charge in [-0.05, 0) is 44.5 Å². The summed E-state index contributed by atoms with van der Waals surface area (Å²) in [6.45, 7) is 7.22. The van der Waals surface area contributed by atoms with Crippen molar-refractivity contribution in [1.82, 2.24) is 10.2 Å². The van der Waals surface area contributed by atoms with Gasteiger partial charge < -0.3 is 19.7 Å². The molecule has 1 unspecified atom stereocenters. The highest BCUT2D eigenvalue weighted by Gasteiger charge is 2.27. The zero-order chi connectivity index (χ0) is 15.9.